The van der Waals surface area contributed by atoms with E-state index in [9.17, 15) is 14.0 Å². The average molecular weight is 536 g/mol. The van der Waals surface area contributed by atoms with E-state index < -0.39 is 11.7 Å². The second kappa shape index (κ2) is 10.3. The predicted molar refractivity (Wildman–Crippen MR) is 149 cm³/mol. The molecule has 4 aromatic carbocycles. The van der Waals surface area contributed by atoms with Gasteiger partial charge in [-0.2, -0.15) is 10.1 Å². The minimum absolute atomic E-state index is 0.158. The van der Waals surface area contributed by atoms with Gasteiger partial charge in [-0.15, -0.1) is 0 Å². The lowest BCUT2D eigenvalue weighted by Crippen LogP contribution is -2.26. The Morgan fingerprint density at radius 3 is 2.51 bits per heavy atom. The van der Waals surface area contributed by atoms with E-state index in [0.717, 1.165) is 16.3 Å². The van der Waals surface area contributed by atoms with Crippen LogP contribution in [0.4, 0.5) is 9.52 Å². The van der Waals surface area contributed by atoms with Gasteiger partial charge in [0.25, 0.3) is 5.91 Å². The first-order valence-electron chi connectivity index (χ1n) is 11.8. The molecule has 0 unspecified atom stereocenters. The topological polar surface area (TPSA) is 85.0 Å². The molecule has 6 aromatic rings. The monoisotopic (exact) mass is 535 g/mol. The molecule has 0 fully saturated rings. The number of carbonyl (C=O) groups is 1. The zero-order valence-electron chi connectivity index (χ0n) is 20.2. The van der Waals surface area contributed by atoms with E-state index >= 15 is 0 Å². The Labute approximate surface area is 225 Å². The molecule has 0 aliphatic carbocycles. The fourth-order valence-corrected chi connectivity index (χ4v) is 4.83. The van der Waals surface area contributed by atoms with Crippen LogP contribution in [0, 0.1) is 5.82 Å². The summed E-state index contributed by atoms with van der Waals surface area (Å²) in [5.74, 6) is 0.305. The molecule has 0 saturated heterocycles. The molecule has 7 nitrogen and oxygen atoms in total. The van der Waals surface area contributed by atoms with Crippen molar-refractivity contribution < 1.29 is 18.3 Å². The number of hydrogen-bond donors (Lipinski definition) is 0. The van der Waals surface area contributed by atoms with Crippen molar-refractivity contribution in [2.75, 3.05) is 5.01 Å². The second-order valence-electron chi connectivity index (χ2n) is 8.43. The maximum absolute atomic E-state index is 13.8. The Balaban J connectivity index is 1.36. The Morgan fingerprint density at radius 1 is 0.949 bits per heavy atom. The van der Waals surface area contributed by atoms with Crippen LogP contribution in [0.25, 0.3) is 21.2 Å². The smallest absolute Gasteiger partial charge is 0.280 e. The number of carbonyl (C=O) groups excluding carboxylic acids is 1. The van der Waals surface area contributed by atoms with Crippen LogP contribution in [0.3, 0.4) is 0 Å². The summed E-state index contributed by atoms with van der Waals surface area (Å²) in [5, 5.41) is 6.03. The summed E-state index contributed by atoms with van der Waals surface area (Å²) in [4.78, 5) is 31.1. The summed E-state index contributed by atoms with van der Waals surface area (Å²) in [5.41, 5.74) is 1.13. The molecule has 0 spiro atoms. The van der Waals surface area contributed by atoms with E-state index in [0.29, 0.717) is 38.2 Å². The SMILES string of the molecule is O=C(c1ccc(Oc2ccccc2)cc1)N(/N=C/c1coc2ccccc2c1=O)c1nc2ccc(F)cc2s1. The molecule has 0 N–H and O–H groups in total. The third-order valence-corrected chi connectivity index (χ3v) is 6.81. The van der Waals surface area contributed by atoms with Crippen molar-refractivity contribution in [3.63, 3.8) is 0 Å². The normalized spacial score (nSPS) is 11.3. The van der Waals surface area contributed by atoms with Crippen LogP contribution >= 0.6 is 11.3 Å². The fourth-order valence-electron chi connectivity index (χ4n) is 3.88. The summed E-state index contributed by atoms with van der Waals surface area (Å²) >= 11 is 1.10. The highest BCUT2D eigenvalue weighted by Crippen LogP contribution is 2.31. The van der Waals surface area contributed by atoms with Gasteiger partial charge in [-0.05, 0) is 66.7 Å². The van der Waals surface area contributed by atoms with E-state index in [1.165, 1.54) is 30.7 Å². The Morgan fingerprint density at radius 2 is 1.69 bits per heavy atom. The van der Waals surface area contributed by atoms with Gasteiger partial charge in [0.15, 0.2) is 0 Å². The van der Waals surface area contributed by atoms with Gasteiger partial charge in [0.1, 0.15) is 29.2 Å². The number of anilines is 1. The van der Waals surface area contributed by atoms with Gasteiger partial charge in [0, 0.05) is 5.56 Å². The summed E-state index contributed by atoms with van der Waals surface area (Å²) in [6.45, 7) is 0. The summed E-state index contributed by atoms with van der Waals surface area (Å²) in [6, 6.07) is 26.9. The number of fused-ring (bicyclic) bond motifs is 2. The molecule has 0 bridgehead atoms. The first-order valence-corrected chi connectivity index (χ1v) is 12.6. The molecule has 0 atom stereocenters. The van der Waals surface area contributed by atoms with Crippen LogP contribution in [0.5, 0.6) is 11.5 Å². The van der Waals surface area contributed by atoms with Gasteiger partial charge >= 0.3 is 0 Å². The zero-order chi connectivity index (χ0) is 26.8. The molecular formula is C30H18FN3O4S. The maximum atomic E-state index is 13.8. The van der Waals surface area contributed by atoms with Crippen LogP contribution in [-0.4, -0.2) is 17.1 Å². The number of nitrogens with zero attached hydrogens (tertiary/aromatic N) is 3. The van der Waals surface area contributed by atoms with E-state index in [4.69, 9.17) is 9.15 Å². The molecule has 2 aromatic heterocycles. The molecular weight excluding hydrogens is 517 g/mol. The highest BCUT2D eigenvalue weighted by atomic mass is 32.1. The largest absolute Gasteiger partial charge is 0.463 e. The molecule has 0 aliphatic rings. The lowest BCUT2D eigenvalue weighted by atomic mass is 10.2. The van der Waals surface area contributed by atoms with Crippen molar-refractivity contribution in [2.45, 2.75) is 0 Å². The predicted octanol–water partition coefficient (Wildman–Crippen LogP) is 7.02. The maximum Gasteiger partial charge on any atom is 0.280 e. The molecule has 0 radical (unpaired) electrons. The first kappa shape index (κ1) is 24.2. The summed E-state index contributed by atoms with van der Waals surface area (Å²) in [6.07, 6.45) is 2.55. The molecule has 2 heterocycles. The number of ether oxygens (including phenoxy) is 1. The summed E-state index contributed by atoms with van der Waals surface area (Å²) in [7, 11) is 0. The van der Waals surface area contributed by atoms with E-state index in [-0.39, 0.29) is 16.1 Å². The van der Waals surface area contributed by atoms with Gasteiger partial charge in [0.2, 0.25) is 10.6 Å². The van der Waals surface area contributed by atoms with Crippen molar-refractivity contribution in [1.29, 1.82) is 0 Å². The quantitative estimate of drug-likeness (QED) is 0.169. The number of amides is 1. The van der Waals surface area contributed by atoms with Crippen molar-refractivity contribution in [3.8, 4) is 11.5 Å². The van der Waals surface area contributed by atoms with Crippen LogP contribution in [0.1, 0.15) is 15.9 Å². The van der Waals surface area contributed by atoms with E-state index in [1.54, 1.807) is 48.5 Å². The molecule has 0 saturated carbocycles. The van der Waals surface area contributed by atoms with Crippen molar-refractivity contribution in [2.24, 2.45) is 5.10 Å². The highest BCUT2D eigenvalue weighted by molar-refractivity contribution is 7.22. The molecule has 6 rings (SSSR count). The number of aromatic nitrogens is 1. The van der Waals surface area contributed by atoms with Crippen molar-refractivity contribution in [3.05, 3.63) is 130 Å². The lowest BCUT2D eigenvalue weighted by Gasteiger charge is -2.14. The molecule has 39 heavy (non-hydrogen) atoms. The highest BCUT2D eigenvalue weighted by Gasteiger charge is 2.22. The standard InChI is InChI=1S/C30H18FN3O4S/c31-21-12-15-25-27(16-21)39-30(33-25)34(32-17-20-18-37-26-9-5-4-8-24(26)28(20)35)29(36)19-10-13-23(14-11-19)38-22-6-2-1-3-7-22/h1-18H/b32-17+. The van der Waals surface area contributed by atoms with E-state index in [1.807, 2.05) is 30.3 Å². The molecule has 9 heteroatoms. The molecule has 0 aliphatic heterocycles. The van der Waals surface area contributed by atoms with Crippen LogP contribution in [-0.2, 0) is 0 Å². The van der Waals surface area contributed by atoms with Gasteiger partial charge < -0.3 is 9.15 Å². The number of para-hydroxylation sites is 2. The van der Waals surface area contributed by atoms with Crippen LogP contribution < -0.4 is 15.2 Å². The van der Waals surface area contributed by atoms with E-state index in [2.05, 4.69) is 10.1 Å². The first-order chi connectivity index (χ1) is 19.0. The average Bonchev–Trinajstić information content (AvgIpc) is 3.38. The van der Waals surface area contributed by atoms with Gasteiger partial charge in [-0.25, -0.2) is 9.37 Å². The second-order valence-corrected chi connectivity index (χ2v) is 9.43. The number of benzene rings is 4. The van der Waals surface area contributed by atoms with Gasteiger partial charge in [-0.3, -0.25) is 9.59 Å². The molecule has 190 valence electrons. The van der Waals surface area contributed by atoms with Gasteiger partial charge in [0.05, 0.1) is 27.4 Å². The minimum Gasteiger partial charge on any atom is -0.463 e. The summed E-state index contributed by atoms with van der Waals surface area (Å²) < 4.78 is 25.8. The number of thiazole rings is 1. The zero-order valence-corrected chi connectivity index (χ0v) is 21.0. The van der Waals surface area contributed by atoms with Crippen molar-refractivity contribution in [1.82, 2.24) is 4.98 Å². The fraction of sp³-hybridized carbons (Fsp3) is 0. The Hall–Kier alpha value is -5.15. The number of halogens is 1. The number of rotatable bonds is 6. The Bertz CT molecular complexity index is 1900. The molecule has 1 amide bonds. The van der Waals surface area contributed by atoms with Crippen molar-refractivity contribution >= 4 is 49.8 Å². The Kier molecular flexibility index (Phi) is 6.40. The van der Waals surface area contributed by atoms with Crippen LogP contribution in [0.15, 0.2) is 118 Å². The van der Waals surface area contributed by atoms with Gasteiger partial charge in [-0.1, -0.05) is 41.7 Å². The third-order valence-electron chi connectivity index (χ3n) is 5.81. The lowest BCUT2D eigenvalue weighted by molar-refractivity contribution is 0.0988. The van der Waals surface area contributed by atoms with Crippen LogP contribution in [0.2, 0.25) is 0 Å². The third kappa shape index (κ3) is 5.03. The number of hydrazone groups is 1. The number of hydrogen-bond acceptors (Lipinski definition) is 7. The minimum atomic E-state index is -0.498.